The summed E-state index contributed by atoms with van der Waals surface area (Å²) in [7, 11) is 0. The molecule has 3 aromatic rings. The summed E-state index contributed by atoms with van der Waals surface area (Å²) in [5.41, 5.74) is 1.64. The molecule has 1 atom stereocenters. The van der Waals surface area contributed by atoms with Crippen molar-refractivity contribution >= 4 is 5.95 Å². The van der Waals surface area contributed by atoms with Gasteiger partial charge in [0.1, 0.15) is 5.82 Å². The lowest BCUT2D eigenvalue weighted by Gasteiger charge is -2.17. The van der Waals surface area contributed by atoms with E-state index < -0.39 is 0 Å². The van der Waals surface area contributed by atoms with Crippen LogP contribution < -0.4 is 5.32 Å². The summed E-state index contributed by atoms with van der Waals surface area (Å²) in [4.78, 5) is 4.32. The number of anilines is 1. The van der Waals surface area contributed by atoms with E-state index in [1.807, 2.05) is 54.1 Å². The van der Waals surface area contributed by atoms with Crippen LogP contribution in [0.25, 0.3) is 5.69 Å². The SMILES string of the molecule is CC(Nc1nccn1-c1ccccc1)c1ccccc1F. The molecule has 0 fully saturated rings. The number of hydrogen-bond donors (Lipinski definition) is 1. The fraction of sp³-hybridized carbons (Fsp3) is 0.118. The van der Waals surface area contributed by atoms with Crippen LogP contribution in [-0.2, 0) is 0 Å². The number of hydrogen-bond acceptors (Lipinski definition) is 2. The molecular formula is C17H16FN3. The average Bonchev–Trinajstić information content (AvgIpc) is 2.96. The minimum atomic E-state index is -0.213. The smallest absolute Gasteiger partial charge is 0.207 e. The maximum absolute atomic E-state index is 13.8. The topological polar surface area (TPSA) is 29.9 Å². The first-order chi connectivity index (χ1) is 10.3. The first-order valence-corrected chi connectivity index (χ1v) is 6.85. The standard InChI is InChI=1S/C17H16FN3/c1-13(15-9-5-6-10-16(15)18)20-17-19-11-12-21(17)14-7-3-2-4-8-14/h2-13H,1H3,(H,19,20). The predicted molar refractivity (Wildman–Crippen MR) is 82.0 cm³/mol. The molecule has 0 amide bonds. The van der Waals surface area contributed by atoms with E-state index in [-0.39, 0.29) is 11.9 Å². The van der Waals surface area contributed by atoms with E-state index in [9.17, 15) is 4.39 Å². The van der Waals surface area contributed by atoms with E-state index >= 15 is 0 Å². The third kappa shape index (κ3) is 2.79. The summed E-state index contributed by atoms with van der Waals surface area (Å²) in [6.45, 7) is 1.92. The van der Waals surface area contributed by atoms with Crippen molar-refractivity contribution in [3.8, 4) is 5.69 Å². The molecule has 2 aromatic carbocycles. The number of nitrogens with zero attached hydrogens (tertiary/aromatic N) is 2. The largest absolute Gasteiger partial charge is 0.349 e. The van der Waals surface area contributed by atoms with Crippen molar-refractivity contribution in [2.24, 2.45) is 0 Å². The lowest BCUT2D eigenvalue weighted by molar-refractivity contribution is 0.599. The molecule has 0 bridgehead atoms. The summed E-state index contributed by atoms with van der Waals surface area (Å²) in [6.07, 6.45) is 3.61. The molecule has 3 rings (SSSR count). The van der Waals surface area contributed by atoms with Crippen LogP contribution in [0.3, 0.4) is 0 Å². The highest BCUT2D eigenvalue weighted by atomic mass is 19.1. The Morgan fingerprint density at radius 3 is 2.52 bits per heavy atom. The van der Waals surface area contributed by atoms with Gasteiger partial charge in [-0.1, -0.05) is 36.4 Å². The van der Waals surface area contributed by atoms with Gasteiger partial charge in [-0.3, -0.25) is 4.57 Å². The minimum Gasteiger partial charge on any atom is -0.349 e. The molecule has 1 unspecified atom stereocenters. The van der Waals surface area contributed by atoms with E-state index in [0.717, 1.165) is 5.69 Å². The van der Waals surface area contributed by atoms with Gasteiger partial charge in [-0.15, -0.1) is 0 Å². The average molecular weight is 281 g/mol. The number of aromatic nitrogens is 2. The quantitative estimate of drug-likeness (QED) is 0.777. The normalized spacial score (nSPS) is 12.1. The van der Waals surface area contributed by atoms with Crippen molar-refractivity contribution in [2.45, 2.75) is 13.0 Å². The molecule has 1 aromatic heterocycles. The van der Waals surface area contributed by atoms with Gasteiger partial charge in [0.05, 0.1) is 6.04 Å². The number of halogens is 1. The molecule has 0 aliphatic carbocycles. The molecule has 106 valence electrons. The maximum atomic E-state index is 13.8. The second-order valence-corrected chi connectivity index (χ2v) is 4.84. The van der Waals surface area contributed by atoms with Gasteiger partial charge < -0.3 is 5.32 Å². The molecule has 0 saturated carbocycles. The summed E-state index contributed by atoms with van der Waals surface area (Å²) >= 11 is 0. The number of rotatable bonds is 4. The number of para-hydroxylation sites is 1. The molecule has 0 spiro atoms. The Hall–Kier alpha value is -2.62. The van der Waals surface area contributed by atoms with Crippen LogP contribution in [0.5, 0.6) is 0 Å². The molecule has 4 heteroatoms. The molecule has 1 N–H and O–H groups in total. The molecule has 0 radical (unpaired) electrons. The summed E-state index contributed by atoms with van der Waals surface area (Å²) in [6, 6.07) is 16.5. The highest BCUT2D eigenvalue weighted by molar-refractivity contribution is 5.43. The van der Waals surface area contributed by atoms with Crippen molar-refractivity contribution in [2.75, 3.05) is 5.32 Å². The molecule has 0 aliphatic rings. The van der Waals surface area contributed by atoms with Crippen LogP contribution in [0.15, 0.2) is 67.0 Å². The third-order valence-corrected chi connectivity index (χ3v) is 3.39. The van der Waals surface area contributed by atoms with Crippen LogP contribution in [0.2, 0.25) is 0 Å². The number of nitrogens with one attached hydrogen (secondary N) is 1. The fourth-order valence-electron chi connectivity index (χ4n) is 2.30. The highest BCUT2D eigenvalue weighted by Gasteiger charge is 2.13. The Morgan fingerprint density at radius 2 is 1.76 bits per heavy atom. The minimum absolute atomic E-state index is 0.170. The van der Waals surface area contributed by atoms with Gasteiger partial charge in [-0.05, 0) is 25.1 Å². The van der Waals surface area contributed by atoms with Gasteiger partial charge in [0.2, 0.25) is 5.95 Å². The molecule has 21 heavy (non-hydrogen) atoms. The maximum Gasteiger partial charge on any atom is 0.207 e. The second kappa shape index (κ2) is 5.79. The van der Waals surface area contributed by atoms with E-state index in [0.29, 0.717) is 11.5 Å². The monoisotopic (exact) mass is 281 g/mol. The van der Waals surface area contributed by atoms with Crippen molar-refractivity contribution in [3.63, 3.8) is 0 Å². The molecule has 0 saturated heterocycles. The van der Waals surface area contributed by atoms with Crippen molar-refractivity contribution in [3.05, 3.63) is 78.4 Å². The van der Waals surface area contributed by atoms with Gasteiger partial charge in [-0.25, -0.2) is 9.37 Å². The second-order valence-electron chi connectivity index (χ2n) is 4.84. The van der Waals surface area contributed by atoms with Crippen molar-refractivity contribution in [1.29, 1.82) is 0 Å². The van der Waals surface area contributed by atoms with Crippen molar-refractivity contribution < 1.29 is 4.39 Å². The van der Waals surface area contributed by atoms with Gasteiger partial charge in [0.25, 0.3) is 0 Å². The summed E-state index contributed by atoms with van der Waals surface area (Å²) in [5.74, 6) is 0.479. The van der Waals surface area contributed by atoms with Gasteiger partial charge >= 0.3 is 0 Å². The van der Waals surface area contributed by atoms with E-state index in [4.69, 9.17) is 0 Å². The molecule has 3 nitrogen and oxygen atoms in total. The van der Waals surface area contributed by atoms with E-state index in [1.165, 1.54) is 6.07 Å². The van der Waals surface area contributed by atoms with Crippen LogP contribution in [0.1, 0.15) is 18.5 Å². The zero-order chi connectivity index (χ0) is 14.7. The van der Waals surface area contributed by atoms with Crippen LogP contribution in [0, 0.1) is 5.82 Å². The highest BCUT2D eigenvalue weighted by Crippen LogP contribution is 2.22. The van der Waals surface area contributed by atoms with Crippen LogP contribution >= 0.6 is 0 Å². The Bertz CT molecular complexity index is 722. The molecule has 0 aliphatic heterocycles. The van der Waals surface area contributed by atoms with Crippen LogP contribution in [0.4, 0.5) is 10.3 Å². The Morgan fingerprint density at radius 1 is 1.05 bits per heavy atom. The Labute approximate surface area is 123 Å². The predicted octanol–water partition coefficient (Wildman–Crippen LogP) is 4.18. The lowest BCUT2D eigenvalue weighted by Crippen LogP contribution is -2.12. The van der Waals surface area contributed by atoms with Crippen molar-refractivity contribution in [1.82, 2.24) is 9.55 Å². The van der Waals surface area contributed by atoms with E-state index in [2.05, 4.69) is 10.3 Å². The Kier molecular flexibility index (Phi) is 3.69. The zero-order valence-electron chi connectivity index (χ0n) is 11.7. The van der Waals surface area contributed by atoms with Gasteiger partial charge in [0, 0.05) is 23.6 Å². The van der Waals surface area contributed by atoms with Crippen LogP contribution in [-0.4, -0.2) is 9.55 Å². The lowest BCUT2D eigenvalue weighted by atomic mass is 10.1. The van der Waals surface area contributed by atoms with E-state index in [1.54, 1.807) is 18.3 Å². The third-order valence-electron chi connectivity index (χ3n) is 3.39. The Balaban J connectivity index is 1.87. The molecular weight excluding hydrogens is 265 g/mol. The van der Waals surface area contributed by atoms with Gasteiger partial charge in [-0.2, -0.15) is 0 Å². The number of imidazole rings is 1. The fourth-order valence-corrected chi connectivity index (χ4v) is 2.30. The zero-order valence-corrected chi connectivity index (χ0v) is 11.7. The molecule has 1 heterocycles. The first-order valence-electron chi connectivity index (χ1n) is 6.85. The first kappa shape index (κ1) is 13.4. The van der Waals surface area contributed by atoms with Gasteiger partial charge in [0.15, 0.2) is 0 Å². The summed E-state index contributed by atoms with van der Waals surface area (Å²) in [5, 5.41) is 3.26. The number of benzene rings is 2. The summed E-state index contributed by atoms with van der Waals surface area (Å²) < 4.78 is 15.8.